The first kappa shape index (κ1) is 16.5. The Labute approximate surface area is 157 Å². The van der Waals surface area contributed by atoms with Gasteiger partial charge in [0.1, 0.15) is 0 Å². The van der Waals surface area contributed by atoms with E-state index in [1.807, 2.05) is 23.7 Å². The summed E-state index contributed by atoms with van der Waals surface area (Å²) in [5, 5.41) is 12.5. The second kappa shape index (κ2) is 5.90. The maximum Gasteiger partial charge on any atom is 0.259 e. The molecular weight excluding hydrogens is 342 g/mol. The lowest BCUT2D eigenvalue weighted by Crippen LogP contribution is -2.14. The first-order chi connectivity index (χ1) is 13.0. The lowest BCUT2D eigenvalue weighted by atomic mass is 10.1. The van der Waals surface area contributed by atoms with Crippen molar-refractivity contribution in [3.05, 3.63) is 34.8 Å². The predicted octanol–water partition coefficient (Wildman–Crippen LogP) is 4.32. The summed E-state index contributed by atoms with van der Waals surface area (Å²) in [5.41, 5.74) is 3.89. The first-order valence-corrected chi connectivity index (χ1v) is 9.69. The van der Waals surface area contributed by atoms with Gasteiger partial charge >= 0.3 is 0 Å². The third-order valence-electron chi connectivity index (χ3n) is 5.35. The van der Waals surface area contributed by atoms with Gasteiger partial charge in [-0.3, -0.25) is 9.48 Å². The molecule has 7 heteroatoms. The molecule has 2 aliphatic rings. The Morgan fingerprint density at radius 1 is 1.22 bits per heavy atom. The van der Waals surface area contributed by atoms with E-state index in [4.69, 9.17) is 4.52 Å². The van der Waals surface area contributed by atoms with Crippen molar-refractivity contribution in [3.8, 4) is 0 Å². The van der Waals surface area contributed by atoms with Crippen LogP contribution in [0.2, 0.25) is 0 Å². The molecule has 0 spiro atoms. The van der Waals surface area contributed by atoms with Gasteiger partial charge in [0, 0.05) is 35.3 Å². The maximum absolute atomic E-state index is 13.1. The zero-order valence-corrected chi connectivity index (χ0v) is 15.8. The molecule has 0 aromatic carbocycles. The third-order valence-corrected chi connectivity index (χ3v) is 5.35. The van der Waals surface area contributed by atoms with Crippen LogP contribution in [0.15, 0.2) is 16.7 Å². The first-order valence-electron chi connectivity index (χ1n) is 9.69. The van der Waals surface area contributed by atoms with Crippen molar-refractivity contribution in [2.45, 2.75) is 64.3 Å². The highest BCUT2D eigenvalue weighted by Crippen LogP contribution is 2.45. The zero-order valence-electron chi connectivity index (χ0n) is 15.8. The van der Waals surface area contributed by atoms with Crippen molar-refractivity contribution in [2.75, 3.05) is 5.32 Å². The molecule has 0 saturated heterocycles. The van der Waals surface area contributed by atoms with E-state index >= 15 is 0 Å². The SMILES string of the molecule is Cc1cc(NC(=O)c2cc(C3CC3)nc3onc(C4CC4)c23)nn1C(C)C. The summed E-state index contributed by atoms with van der Waals surface area (Å²) in [6.07, 6.45) is 4.40. The molecule has 2 saturated carbocycles. The molecule has 0 bridgehead atoms. The van der Waals surface area contributed by atoms with Crippen molar-refractivity contribution >= 4 is 22.8 Å². The number of hydrogen-bond donors (Lipinski definition) is 1. The minimum Gasteiger partial charge on any atom is -0.335 e. The van der Waals surface area contributed by atoms with Crippen LogP contribution in [0.3, 0.4) is 0 Å². The Kier molecular flexibility index (Phi) is 3.60. The molecule has 2 aliphatic carbocycles. The van der Waals surface area contributed by atoms with Gasteiger partial charge in [0.25, 0.3) is 11.6 Å². The normalized spacial score (nSPS) is 17.0. The van der Waals surface area contributed by atoms with Gasteiger partial charge in [-0.1, -0.05) is 5.16 Å². The lowest BCUT2D eigenvalue weighted by Gasteiger charge is -2.08. The molecule has 2 fully saturated rings. The van der Waals surface area contributed by atoms with Crippen molar-refractivity contribution < 1.29 is 9.32 Å². The molecule has 0 atom stereocenters. The van der Waals surface area contributed by atoms with Crippen LogP contribution in [0.25, 0.3) is 11.1 Å². The molecule has 1 amide bonds. The fourth-order valence-electron chi connectivity index (χ4n) is 3.65. The smallest absolute Gasteiger partial charge is 0.259 e. The summed E-state index contributed by atoms with van der Waals surface area (Å²) in [6, 6.07) is 4.06. The predicted molar refractivity (Wildman–Crippen MR) is 101 cm³/mol. The van der Waals surface area contributed by atoms with Gasteiger partial charge in [0.2, 0.25) is 0 Å². The van der Waals surface area contributed by atoms with E-state index in [-0.39, 0.29) is 11.9 Å². The van der Waals surface area contributed by atoms with Gasteiger partial charge in [-0.2, -0.15) is 5.10 Å². The van der Waals surface area contributed by atoms with Gasteiger partial charge in [-0.25, -0.2) is 4.98 Å². The van der Waals surface area contributed by atoms with Crippen LogP contribution in [-0.2, 0) is 0 Å². The van der Waals surface area contributed by atoms with Crippen molar-refractivity contribution in [3.63, 3.8) is 0 Å². The van der Waals surface area contributed by atoms with Crippen LogP contribution in [0.1, 0.15) is 84.8 Å². The highest BCUT2D eigenvalue weighted by molar-refractivity contribution is 6.12. The summed E-state index contributed by atoms with van der Waals surface area (Å²) in [5.74, 6) is 1.20. The summed E-state index contributed by atoms with van der Waals surface area (Å²) in [7, 11) is 0. The molecule has 0 radical (unpaired) electrons. The number of anilines is 1. The van der Waals surface area contributed by atoms with Crippen LogP contribution in [0, 0.1) is 6.92 Å². The molecule has 3 heterocycles. The van der Waals surface area contributed by atoms with Gasteiger partial charge < -0.3 is 9.84 Å². The number of rotatable bonds is 5. The molecule has 3 aromatic rings. The molecule has 5 rings (SSSR count). The molecule has 140 valence electrons. The zero-order chi connectivity index (χ0) is 18.7. The highest BCUT2D eigenvalue weighted by atomic mass is 16.5. The number of fused-ring (bicyclic) bond motifs is 1. The summed E-state index contributed by atoms with van der Waals surface area (Å²) >= 11 is 0. The third kappa shape index (κ3) is 2.91. The summed E-state index contributed by atoms with van der Waals surface area (Å²) < 4.78 is 7.41. The Hall–Kier alpha value is -2.70. The van der Waals surface area contributed by atoms with E-state index in [2.05, 4.69) is 34.4 Å². The second-order valence-corrected chi connectivity index (χ2v) is 8.05. The second-order valence-electron chi connectivity index (χ2n) is 8.05. The molecule has 27 heavy (non-hydrogen) atoms. The maximum atomic E-state index is 13.1. The van der Waals surface area contributed by atoms with Crippen LogP contribution in [0.5, 0.6) is 0 Å². The minimum absolute atomic E-state index is 0.178. The van der Waals surface area contributed by atoms with Gasteiger partial charge in [-0.15, -0.1) is 0 Å². The fourth-order valence-corrected chi connectivity index (χ4v) is 3.65. The number of pyridine rings is 1. The van der Waals surface area contributed by atoms with Crippen molar-refractivity contribution in [2.24, 2.45) is 0 Å². The van der Waals surface area contributed by atoms with Gasteiger partial charge in [0.15, 0.2) is 5.82 Å². The van der Waals surface area contributed by atoms with E-state index in [1.165, 1.54) is 0 Å². The number of carbonyl (C=O) groups is 1. The Bertz CT molecular complexity index is 1040. The number of carbonyl (C=O) groups excluding carboxylic acids is 1. The average Bonchev–Trinajstić information content (AvgIpc) is 3.56. The largest absolute Gasteiger partial charge is 0.335 e. The van der Waals surface area contributed by atoms with Crippen LogP contribution < -0.4 is 5.32 Å². The standard InChI is InChI=1S/C20H23N5O2/c1-10(2)25-11(3)8-16(23-25)22-19(26)14-9-15(12-4-5-12)21-20-17(14)18(24-27-20)13-6-7-13/h8-10,12-13H,4-7H2,1-3H3,(H,22,23,26). The lowest BCUT2D eigenvalue weighted by molar-refractivity contribution is 0.102. The van der Waals surface area contributed by atoms with E-state index in [0.29, 0.717) is 28.9 Å². The van der Waals surface area contributed by atoms with E-state index < -0.39 is 0 Å². The topological polar surface area (TPSA) is 85.8 Å². The number of nitrogens with zero attached hydrogens (tertiary/aromatic N) is 4. The number of hydrogen-bond acceptors (Lipinski definition) is 5. The summed E-state index contributed by atoms with van der Waals surface area (Å²) in [6.45, 7) is 6.13. The van der Waals surface area contributed by atoms with Crippen LogP contribution in [0.4, 0.5) is 5.82 Å². The van der Waals surface area contributed by atoms with Crippen LogP contribution in [-0.4, -0.2) is 25.8 Å². The Morgan fingerprint density at radius 2 is 1.96 bits per heavy atom. The van der Waals surface area contributed by atoms with E-state index in [9.17, 15) is 4.79 Å². The molecule has 0 aliphatic heterocycles. The quantitative estimate of drug-likeness (QED) is 0.728. The molecule has 7 nitrogen and oxygen atoms in total. The Balaban J connectivity index is 1.55. The van der Waals surface area contributed by atoms with E-state index in [0.717, 1.165) is 48.2 Å². The number of amides is 1. The van der Waals surface area contributed by atoms with Crippen molar-refractivity contribution in [1.82, 2.24) is 19.9 Å². The van der Waals surface area contributed by atoms with Gasteiger partial charge in [0.05, 0.1) is 16.6 Å². The summed E-state index contributed by atoms with van der Waals surface area (Å²) in [4.78, 5) is 17.8. The molecule has 0 unspecified atom stereocenters. The van der Waals surface area contributed by atoms with E-state index in [1.54, 1.807) is 0 Å². The molecular formula is C20H23N5O2. The van der Waals surface area contributed by atoms with Crippen molar-refractivity contribution in [1.29, 1.82) is 0 Å². The number of aryl methyl sites for hydroxylation is 1. The van der Waals surface area contributed by atoms with Crippen LogP contribution >= 0.6 is 0 Å². The highest BCUT2D eigenvalue weighted by Gasteiger charge is 2.34. The minimum atomic E-state index is -0.178. The molecule has 3 aromatic heterocycles. The molecule has 1 N–H and O–H groups in total. The Morgan fingerprint density at radius 3 is 2.59 bits per heavy atom. The number of nitrogens with one attached hydrogen (secondary N) is 1. The van der Waals surface area contributed by atoms with Gasteiger partial charge in [-0.05, 0) is 52.5 Å². The number of aromatic nitrogens is 4. The average molecular weight is 365 g/mol. The monoisotopic (exact) mass is 365 g/mol. The fraction of sp³-hybridized carbons (Fsp3) is 0.500.